The Morgan fingerprint density at radius 2 is 2.26 bits per heavy atom. The van der Waals surface area contributed by atoms with E-state index in [4.69, 9.17) is 0 Å². The van der Waals surface area contributed by atoms with Gasteiger partial charge in [0.2, 0.25) is 5.91 Å². The summed E-state index contributed by atoms with van der Waals surface area (Å²) in [5.41, 5.74) is 0. The molecule has 104 valence electrons. The van der Waals surface area contributed by atoms with Crippen molar-refractivity contribution < 1.29 is 9.59 Å². The largest absolute Gasteiger partial charge is 0.288 e. The maximum Gasteiger partial charge on any atom is 0.252 e. The summed E-state index contributed by atoms with van der Waals surface area (Å²) in [5.74, 6) is 1.38. The standard InChI is InChI=1S/C11H16N4O2S2/c1-7(16)19-6-8-4-9(17)15(5-8)10-12-11(18-3)14(2)13-10/h8H,4-6H2,1-3H3. The molecule has 1 aliphatic heterocycles. The third kappa shape index (κ3) is 3.30. The summed E-state index contributed by atoms with van der Waals surface area (Å²) in [6, 6.07) is 0. The van der Waals surface area contributed by atoms with Crippen LogP contribution in [0.25, 0.3) is 0 Å². The fourth-order valence-electron chi connectivity index (χ4n) is 1.97. The van der Waals surface area contributed by atoms with Gasteiger partial charge in [0, 0.05) is 32.7 Å². The minimum Gasteiger partial charge on any atom is -0.288 e. The topological polar surface area (TPSA) is 68.1 Å². The molecule has 19 heavy (non-hydrogen) atoms. The highest BCUT2D eigenvalue weighted by Gasteiger charge is 2.33. The quantitative estimate of drug-likeness (QED) is 0.778. The van der Waals surface area contributed by atoms with Crippen LogP contribution < -0.4 is 4.90 Å². The number of hydrogen-bond acceptors (Lipinski definition) is 6. The van der Waals surface area contributed by atoms with Gasteiger partial charge in [0.1, 0.15) is 0 Å². The molecular weight excluding hydrogens is 284 g/mol. The molecule has 1 unspecified atom stereocenters. The zero-order valence-corrected chi connectivity index (χ0v) is 12.8. The maximum absolute atomic E-state index is 12.0. The minimum atomic E-state index is 0.0346. The van der Waals surface area contributed by atoms with E-state index in [2.05, 4.69) is 10.1 Å². The van der Waals surface area contributed by atoms with E-state index in [9.17, 15) is 9.59 Å². The number of amides is 1. The highest BCUT2D eigenvalue weighted by molar-refractivity contribution is 8.13. The van der Waals surface area contributed by atoms with E-state index in [-0.39, 0.29) is 16.9 Å². The Hall–Kier alpha value is -1.02. The molecule has 0 aromatic carbocycles. The SMILES string of the molecule is CSc1nc(N2CC(CSC(C)=O)CC2=O)nn1C. The molecule has 6 nitrogen and oxygen atoms in total. The third-order valence-corrected chi connectivity index (χ3v) is 4.63. The predicted molar refractivity (Wildman–Crippen MR) is 76.4 cm³/mol. The van der Waals surface area contributed by atoms with E-state index in [1.807, 2.05) is 13.3 Å². The van der Waals surface area contributed by atoms with Gasteiger partial charge in [-0.2, -0.15) is 4.98 Å². The molecule has 0 bridgehead atoms. The van der Waals surface area contributed by atoms with Gasteiger partial charge in [-0.05, 0) is 12.2 Å². The van der Waals surface area contributed by atoms with Crippen LogP contribution in [0.15, 0.2) is 5.16 Å². The minimum absolute atomic E-state index is 0.0346. The van der Waals surface area contributed by atoms with E-state index in [0.29, 0.717) is 24.7 Å². The number of carbonyl (C=O) groups is 2. The van der Waals surface area contributed by atoms with Gasteiger partial charge in [-0.3, -0.25) is 14.5 Å². The fraction of sp³-hybridized carbons (Fsp3) is 0.636. The lowest BCUT2D eigenvalue weighted by molar-refractivity contribution is -0.117. The van der Waals surface area contributed by atoms with Crippen LogP contribution in [0.3, 0.4) is 0 Å². The van der Waals surface area contributed by atoms with Crippen LogP contribution >= 0.6 is 23.5 Å². The van der Waals surface area contributed by atoms with Crippen LogP contribution in [-0.4, -0.2) is 44.3 Å². The summed E-state index contributed by atoms with van der Waals surface area (Å²) in [4.78, 5) is 28.9. The van der Waals surface area contributed by atoms with Gasteiger partial charge in [-0.15, -0.1) is 5.10 Å². The molecule has 0 aliphatic carbocycles. The van der Waals surface area contributed by atoms with Gasteiger partial charge >= 0.3 is 0 Å². The predicted octanol–water partition coefficient (Wildman–Crippen LogP) is 1.17. The summed E-state index contributed by atoms with van der Waals surface area (Å²) in [5, 5.41) is 5.13. The van der Waals surface area contributed by atoms with Crippen molar-refractivity contribution in [2.24, 2.45) is 13.0 Å². The van der Waals surface area contributed by atoms with Crippen LogP contribution in [0, 0.1) is 5.92 Å². The second kappa shape index (κ2) is 5.96. The lowest BCUT2D eigenvalue weighted by Crippen LogP contribution is -2.26. The van der Waals surface area contributed by atoms with Crippen molar-refractivity contribution in [1.29, 1.82) is 0 Å². The Balaban J connectivity index is 2.04. The fourth-order valence-corrected chi connectivity index (χ4v) is 3.14. The zero-order chi connectivity index (χ0) is 14.0. The molecule has 0 N–H and O–H groups in total. The molecule has 2 rings (SSSR count). The first-order valence-electron chi connectivity index (χ1n) is 5.90. The molecule has 1 atom stereocenters. The molecule has 8 heteroatoms. The van der Waals surface area contributed by atoms with Gasteiger partial charge < -0.3 is 0 Å². The van der Waals surface area contributed by atoms with Crippen LogP contribution in [0.5, 0.6) is 0 Å². The number of nitrogens with zero attached hydrogens (tertiary/aromatic N) is 4. The van der Waals surface area contributed by atoms with Crippen LogP contribution in [0.2, 0.25) is 0 Å². The number of rotatable bonds is 4. The molecule has 1 fully saturated rings. The van der Waals surface area contributed by atoms with Crippen molar-refractivity contribution in [3.8, 4) is 0 Å². The average molecular weight is 300 g/mol. The molecular formula is C11H16N4O2S2. The molecule has 2 heterocycles. The highest BCUT2D eigenvalue weighted by Crippen LogP contribution is 2.26. The Bertz CT molecular complexity index is 503. The van der Waals surface area contributed by atoms with E-state index in [0.717, 1.165) is 5.16 Å². The molecule has 0 radical (unpaired) electrons. The van der Waals surface area contributed by atoms with Crippen molar-refractivity contribution in [2.45, 2.75) is 18.5 Å². The van der Waals surface area contributed by atoms with Gasteiger partial charge in [-0.25, -0.2) is 4.68 Å². The van der Waals surface area contributed by atoms with Gasteiger partial charge in [0.05, 0.1) is 0 Å². The van der Waals surface area contributed by atoms with E-state index >= 15 is 0 Å². The Morgan fingerprint density at radius 1 is 1.53 bits per heavy atom. The van der Waals surface area contributed by atoms with Crippen molar-refractivity contribution in [2.75, 3.05) is 23.5 Å². The second-order valence-electron chi connectivity index (χ2n) is 4.40. The smallest absolute Gasteiger partial charge is 0.252 e. The van der Waals surface area contributed by atoms with Gasteiger partial charge in [0.25, 0.3) is 5.95 Å². The van der Waals surface area contributed by atoms with Crippen LogP contribution in [-0.2, 0) is 16.6 Å². The molecule has 1 saturated heterocycles. The number of anilines is 1. The Morgan fingerprint density at radius 3 is 2.84 bits per heavy atom. The normalized spacial score (nSPS) is 19.2. The number of thioether (sulfide) groups is 2. The number of hydrogen-bond donors (Lipinski definition) is 0. The molecule has 1 amide bonds. The third-order valence-electron chi connectivity index (χ3n) is 2.86. The lowest BCUT2D eigenvalue weighted by atomic mass is 10.1. The van der Waals surface area contributed by atoms with Crippen molar-refractivity contribution >= 4 is 40.5 Å². The van der Waals surface area contributed by atoms with Crippen LogP contribution in [0.1, 0.15) is 13.3 Å². The highest BCUT2D eigenvalue weighted by atomic mass is 32.2. The molecule has 0 saturated carbocycles. The summed E-state index contributed by atoms with van der Waals surface area (Å²) in [6.45, 7) is 2.14. The van der Waals surface area contributed by atoms with Crippen molar-refractivity contribution in [1.82, 2.24) is 14.8 Å². The van der Waals surface area contributed by atoms with E-state index in [1.165, 1.54) is 23.5 Å². The average Bonchev–Trinajstić information content (AvgIpc) is 2.89. The summed E-state index contributed by atoms with van der Waals surface area (Å²) < 4.78 is 1.67. The zero-order valence-electron chi connectivity index (χ0n) is 11.1. The first-order chi connectivity index (χ1) is 9.01. The second-order valence-corrected chi connectivity index (χ2v) is 6.37. The molecule has 1 aromatic rings. The van der Waals surface area contributed by atoms with Gasteiger partial charge in [0.15, 0.2) is 10.3 Å². The summed E-state index contributed by atoms with van der Waals surface area (Å²) >= 11 is 2.77. The van der Waals surface area contributed by atoms with E-state index < -0.39 is 0 Å². The van der Waals surface area contributed by atoms with Crippen LogP contribution in [0.4, 0.5) is 5.95 Å². The monoisotopic (exact) mass is 300 g/mol. The van der Waals surface area contributed by atoms with Crippen molar-refractivity contribution in [3.05, 3.63) is 0 Å². The molecule has 1 aromatic heterocycles. The maximum atomic E-state index is 12.0. The number of aromatic nitrogens is 3. The number of carbonyl (C=O) groups excluding carboxylic acids is 2. The summed E-state index contributed by atoms with van der Waals surface area (Å²) in [7, 11) is 1.81. The Labute approximate surface area is 120 Å². The first-order valence-corrected chi connectivity index (χ1v) is 8.11. The van der Waals surface area contributed by atoms with E-state index in [1.54, 1.807) is 16.5 Å². The van der Waals surface area contributed by atoms with Gasteiger partial charge in [-0.1, -0.05) is 23.5 Å². The molecule has 0 spiro atoms. The first kappa shape index (κ1) is 14.4. The Kier molecular flexibility index (Phi) is 4.51. The summed E-state index contributed by atoms with van der Waals surface area (Å²) in [6.07, 6.45) is 2.39. The van der Waals surface area contributed by atoms with Crippen molar-refractivity contribution in [3.63, 3.8) is 0 Å². The lowest BCUT2D eigenvalue weighted by Gasteiger charge is -2.11. The number of aryl methyl sites for hydroxylation is 1. The molecule has 1 aliphatic rings.